The molecule has 1 aliphatic heterocycles. The maximum absolute atomic E-state index is 13.7. The molecule has 1 aliphatic carbocycles. The van der Waals surface area contributed by atoms with Crippen LogP contribution in [-0.2, 0) is 16.0 Å². The Morgan fingerprint density at radius 3 is 2.74 bits per heavy atom. The first kappa shape index (κ1) is 25.2. The van der Waals surface area contributed by atoms with E-state index in [1.54, 1.807) is 35.4 Å². The number of thiophene rings is 1. The van der Waals surface area contributed by atoms with Gasteiger partial charge in [-0.2, -0.15) is 0 Å². The van der Waals surface area contributed by atoms with Gasteiger partial charge in [-0.05, 0) is 70.6 Å². The van der Waals surface area contributed by atoms with Crippen LogP contribution in [0.15, 0.2) is 55.6 Å². The van der Waals surface area contributed by atoms with Gasteiger partial charge in [-0.3, -0.25) is 9.59 Å². The minimum absolute atomic E-state index is 0.112. The fraction of sp³-hybridized carbons (Fsp3) is 0.423. The highest BCUT2D eigenvalue weighted by molar-refractivity contribution is 9.10. The van der Waals surface area contributed by atoms with E-state index in [9.17, 15) is 9.59 Å². The fourth-order valence-electron chi connectivity index (χ4n) is 4.74. The molecule has 2 N–H and O–H groups in total. The number of ketones is 1. The monoisotopic (exact) mass is 559 g/mol. The maximum Gasteiger partial charge on any atom is 0.255 e. The second kappa shape index (κ2) is 9.99. The molecule has 0 aromatic carbocycles. The molecule has 0 saturated heterocycles. The lowest BCUT2D eigenvalue weighted by molar-refractivity contribution is -0.118. The third-order valence-electron chi connectivity index (χ3n) is 6.16. The SMILES string of the molecule is CCSc1sc(CC)cc1C1C(C(=O)Nc2ccc(Br)cn2)=C(C)NC2=C1C(=O)CC(C)(C)C2. The minimum Gasteiger partial charge on any atom is -0.362 e. The van der Waals surface area contributed by atoms with E-state index >= 15 is 0 Å². The Kier molecular flexibility index (Phi) is 7.41. The molecule has 4 rings (SSSR count). The number of halogens is 1. The van der Waals surface area contributed by atoms with Crippen LogP contribution >= 0.6 is 39.0 Å². The number of pyridine rings is 1. The molecule has 8 heteroatoms. The summed E-state index contributed by atoms with van der Waals surface area (Å²) in [5.74, 6) is 0.916. The second-order valence-electron chi connectivity index (χ2n) is 9.49. The number of hydrogen-bond acceptors (Lipinski definition) is 6. The number of carbonyl (C=O) groups excluding carboxylic acids is 2. The van der Waals surface area contributed by atoms with Crippen molar-refractivity contribution in [1.29, 1.82) is 0 Å². The van der Waals surface area contributed by atoms with Crippen LogP contribution in [0.3, 0.4) is 0 Å². The summed E-state index contributed by atoms with van der Waals surface area (Å²) in [7, 11) is 0. The molecule has 0 fully saturated rings. The lowest BCUT2D eigenvalue weighted by atomic mass is 9.69. The Bertz CT molecular complexity index is 1200. The number of amides is 1. The van der Waals surface area contributed by atoms with Crippen LogP contribution in [0.4, 0.5) is 5.82 Å². The van der Waals surface area contributed by atoms with E-state index in [0.29, 0.717) is 17.8 Å². The topological polar surface area (TPSA) is 71.1 Å². The van der Waals surface area contributed by atoms with E-state index in [1.165, 1.54) is 9.09 Å². The van der Waals surface area contributed by atoms with Gasteiger partial charge >= 0.3 is 0 Å². The molecule has 1 atom stereocenters. The lowest BCUT2D eigenvalue weighted by Gasteiger charge is -2.39. The molecule has 0 spiro atoms. The molecule has 0 saturated carbocycles. The van der Waals surface area contributed by atoms with E-state index in [1.807, 2.05) is 13.0 Å². The van der Waals surface area contributed by atoms with Crippen LogP contribution in [0.5, 0.6) is 0 Å². The molecule has 180 valence electrons. The van der Waals surface area contributed by atoms with Gasteiger partial charge in [0.15, 0.2) is 5.78 Å². The van der Waals surface area contributed by atoms with E-state index in [0.717, 1.165) is 45.6 Å². The zero-order valence-corrected chi connectivity index (χ0v) is 23.4. The molecular weight excluding hydrogens is 530 g/mol. The molecule has 5 nitrogen and oxygen atoms in total. The molecule has 0 radical (unpaired) electrons. The first-order valence-electron chi connectivity index (χ1n) is 11.6. The van der Waals surface area contributed by atoms with Gasteiger partial charge in [0.1, 0.15) is 5.82 Å². The van der Waals surface area contributed by atoms with Gasteiger partial charge in [0, 0.05) is 50.4 Å². The Hall–Kier alpha value is -1.90. The van der Waals surface area contributed by atoms with E-state index in [2.05, 4.69) is 65.3 Å². The number of carbonyl (C=O) groups is 2. The summed E-state index contributed by atoms with van der Waals surface area (Å²) < 4.78 is 2.03. The normalized spacial score (nSPS) is 19.7. The average molecular weight is 561 g/mol. The summed E-state index contributed by atoms with van der Waals surface area (Å²) in [5, 5.41) is 6.41. The number of nitrogens with zero attached hydrogens (tertiary/aromatic N) is 1. The average Bonchev–Trinajstić information content (AvgIpc) is 3.16. The number of aromatic nitrogens is 1. The quantitative estimate of drug-likeness (QED) is 0.380. The van der Waals surface area contributed by atoms with E-state index in [-0.39, 0.29) is 23.0 Å². The molecule has 2 aliphatic rings. The summed E-state index contributed by atoms with van der Waals surface area (Å²) in [5.41, 5.74) is 4.05. The largest absolute Gasteiger partial charge is 0.362 e. The van der Waals surface area contributed by atoms with Crippen molar-refractivity contribution in [2.24, 2.45) is 5.41 Å². The molecule has 1 amide bonds. The van der Waals surface area contributed by atoms with Crippen molar-refractivity contribution in [3.63, 3.8) is 0 Å². The van der Waals surface area contributed by atoms with E-state index in [4.69, 9.17) is 0 Å². The summed E-state index contributed by atoms with van der Waals surface area (Å²) in [6.07, 6.45) is 3.84. The third kappa shape index (κ3) is 5.04. The van der Waals surface area contributed by atoms with Crippen LogP contribution in [0.2, 0.25) is 0 Å². The maximum atomic E-state index is 13.7. The fourth-order valence-corrected chi connectivity index (χ4v) is 7.35. The number of rotatable bonds is 6. The molecule has 0 bridgehead atoms. The highest BCUT2D eigenvalue weighted by atomic mass is 79.9. The Morgan fingerprint density at radius 2 is 2.09 bits per heavy atom. The number of hydrogen-bond donors (Lipinski definition) is 2. The standard InChI is InChI=1S/C26H30BrN3O2S2/c1-6-16-10-17(25(34-16)33-7-2)22-21(24(32)30-20-9-8-15(27)13-28-20)14(3)29-18-11-26(4,5)12-19(31)23(18)22/h8-10,13,22,29H,6-7,11-12H2,1-5H3,(H,28,30,32). The molecule has 2 aromatic heterocycles. The van der Waals surface area contributed by atoms with Gasteiger partial charge in [0.05, 0.1) is 4.21 Å². The Morgan fingerprint density at radius 1 is 1.32 bits per heavy atom. The number of dihydropyridines is 1. The molecular formula is C26H30BrN3O2S2. The number of Topliss-reactive ketones (excluding diaryl/α,β-unsaturated/α-hetero) is 1. The second-order valence-corrected chi connectivity index (χ2v) is 13.1. The van der Waals surface area contributed by atoms with E-state index < -0.39 is 0 Å². The van der Waals surface area contributed by atoms with Crippen LogP contribution in [0, 0.1) is 5.41 Å². The Balaban J connectivity index is 1.85. The summed E-state index contributed by atoms with van der Waals surface area (Å²) in [4.78, 5) is 32.9. The first-order valence-corrected chi connectivity index (χ1v) is 14.1. The summed E-state index contributed by atoms with van der Waals surface area (Å²) in [6, 6.07) is 5.81. The van der Waals surface area contributed by atoms with Gasteiger partial charge in [-0.1, -0.05) is 27.7 Å². The number of aryl methyl sites for hydroxylation is 1. The van der Waals surface area contributed by atoms with Crippen molar-refractivity contribution in [1.82, 2.24) is 10.3 Å². The van der Waals surface area contributed by atoms with Crippen molar-refractivity contribution in [2.45, 2.75) is 64.0 Å². The smallest absolute Gasteiger partial charge is 0.255 e. The van der Waals surface area contributed by atoms with Gasteiger partial charge in [0.25, 0.3) is 5.91 Å². The Labute approximate surface area is 218 Å². The van der Waals surface area contributed by atoms with Crippen LogP contribution in [0.25, 0.3) is 0 Å². The number of thioether (sulfide) groups is 1. The van der Waals surface area contributed by atoms with Gasteiger partial charge in [0.2, 0.25) is 0 Å². The van der Waals surface area contributed by atoms with Crippen molar-refractivity contribution in [3.8, 4) is 0 Å². The van der Waals surface area contributed by atoms with Crippen molar-refractivity contribution < 1.29 is 9.59 Å². The van der Waals surface area contributed by atoms with Gasteiger partial charge in [-0.15, -0.1) is 23.1 Å². The van der Waals surface area contributed by atoms with Crippen LogP contribution in [-0.4, -0.2) is 22.4 Å². The summed E-state index contributed by atoms with van der Waals surface area (Å²) >= 11 is 6.94. The highest BCUT2D eigenvalue weighted by Gasteiger charge is 2.43. The van der Waals surface area contributed by atoms with Crippen LogP contribution in [0.1, 0.15) is 63.8 Å². The molecule has 1 unspecified atom stereocenters. The molecule has 34 heavy (non-hydrogen) atoms. The van der Waals surface area contributed by atoms with Gasteiger partial charge < -0.3 is 10.6 Å². The predicted octanol–water partition coefficient (Wildman–Crippen LogP) is 6.82. The molecule has 3 heterocycles. The molecule has 2 aromatic rings. The van der Waals surface area contributed by atoms with Crippen LogP contribution < -0.4 is 10.6 Å². The number of anilines is 1. The third-order valence-corrected chi connectivity index (χ3v) is 9.11. The minimum atomic E-state index is -0.388. The van der Waals surface area contributed by atoms with Crippen molar-refractivity contribution >= 4 is 56.5 Å². The first-order chi connectivity index (χ1) is 16.1. The lowest BCUT2D eigenvalue weighted by Crippen LogP contribution is -2.39. The zero-order valence-electron chi connectivity index (χ0n) is 20.2. The van der Waals surface area contributed by atoms with Crippen molar-refractivity contribution in [3.05, 3.63) is 61.8 Å². The summed E-state index contributed by atoms with van der Waals surface area (Å²) in [6.45, 7) is 10.5. The number of allylic oxidation sites excluding steroid dienone is 3. The zero-order chi connectivity index (χ0) is 24.6. The van der Waals surface area contributed by atoms with Gasteiger partial charge in [-0.25, -0.2) is 4.98 Å². The highest BCUT2D eigenvalue weighted by Crippen LogP contribution is 2.50. The number of nitrogens with one attached hydrogen (secondary N) is 2. The van der Waals surface area contributed by atoms with Crippen molar-refractivity contribution in [2.75, 3.05) is 11.1 Å². The predicted molar refractivity (Wildman–Crippen MR) is 144 cm³/mol.